The predicted octanol–water partition coefficient (Wildman–Crippen LogP) is 5.08. The molecular formula is C20H22BrClN2O3S. The molecule has 5 nitrogen and oxygen atoms in total. The molecule has 2 aromatic carbocycles. The molecule has 0 spiro atoms. The molecular weight excluding hydrogens is 464 g/mol. The first kappa shape index (κ1) is 21.3. The SMILES string of the molecule is Cc1cc(Cl)ccc1NC(=O)c1ccc(Br)c(S(=O)(=O)N2CCC(C)CC2)c1. The Morgan fingerprint density at radius 2 is 1.86 bits per heavy atom. The Bertz CT molecular complexity index is 1000. The molecule has 1 saturated heterocycles. The zero-order chi connectivity index (χ0) is 20.5. The van der Waals surface area contributed by atoms with Crippen LogP contribution in [0.3, 0.4) is 0 Å². The van der Waals surface area contributed by atoms with Gasteiger partial charge in [-0.3, -0.25) is 4.79 Å². The molecule has 0 bridgehead atoms. The summed E-state index contributed by atoms with van der Waals surface area (Å²) in [5.41, 5.74) is 1.74. The summed E-state index contributed by atoms with van der Waals surface area (Å²) in [6.45, 7) is 4.96. The molecule has 28 heavy (non-hydrogen) atoms. The second-order valence-corrected chi connectivity index (χ2v) is 10.3. The highest BCUT2D eigenvalue weighted by molar-refractivity contribution is 9.10. The number of rotatable bonds is 4. The summed E-state index contributed by atoms with van der Waals surface area (Å²) in [5.74, 6) is 0.149. The van der Waals surface area contributed by atoms with Gasteiger partial charge in [-0.2, -0.15) is 4.31 Å². The highest BCUT2D eigenvalue weighted by atomic mass is 79.9. The van der Waals surface area contributed by atoms with Crippen molar-refractivity contribution in [1.29, 1.82) is 0 Å². The fourth-order valence-electron chi connectivity index (χ4n) is 3.17. The highest BCUT2D eigenvalue weighted by Crippen LogP contribution is 2.30. The van der Waals surface area contributed by atoms with E-state index in [9.17, 15) is 13.2 Å². The van der Waals surface area contributed by atoms with Gasteiger partial charge in [-0.15, -0.1) is 0 Å². The zero-order valence-electron chi connectivity index (χ0n) is 15.7. The maximum Gasteiger partial charge on any atom is 0.255 e. The van der Waals surface area contributed by atoms with Gasteiger partial charge in [0.25, 0.3) is 5.91 Å². The van der Waals surface area contributed by atoms with Crippen molar-refractivity contribution >= 4 is 49.1 Å². The molecule has 150 valence electrons. The number of carbonyl (C=O) groups is 1. The van der Waals surface area contributed by atoms with Gasteiger partial charge in [-0.1, -0.05) is 18.5 Å². The Labute approximate surface area is 179 Å². The molecule has 1 N–H and O–H groups in total. The molecule has 1 aliphatic rings. The topological polar surface area (TPSA) is 66.5 Å². The second kappa shape index (κ2) is 8.53. The number of halogens is 2. The minimum atomic E-state index is -3.67. The summed E-state index contributed by atoms with van der Waals surface area (Å²) in [4.78, 5) is 12.8. The number of nitrogens with one attached hydrogen (secondary N) is 1. The van der Waals surface area contributed by atoms with Crippen LogP contribution in [0.5, 0.6) is 0 Å². The molecule has 0 saturated carbocycles. The van der Waals surface area contributed by atoms with Crippen molar-refractivity contribution in [1.82, 2.24) is 4.31 Å². The van der Waals surface area contributed by atoms with Gasteiger partial charge in [0.1, 0.15) is 0 Å². The lowest BCUT2D eigenvalue weighted by molar-refractivity contribution is 0.102. The lowest BCUT2D eigenvalue weighted by Gasteiger charge is -2.29. The van der Waals surface area contributed by atoms with E-state index >= 15 is 0 Å². The van der Waals surface area contributed by atoms with Crippen LogP contribution in [0.15, 0.2) is 45.8 Å². The first-order valence-electron chi connectivity index (χ1n) is 9.05. The predicted molar refractivity (Wildman–Crippen MR) is 115 cm³/mol. The molecule has 1 fully saturated rings. The number of anilines is 1. The van der Waals surface area contributed by atoms with Crippen molar-refractivity contribution < 1.29 is 13.2 Å². The van der Waals surface area contributed by atoms with Crippen LogP contribution in [0.4, 0.5) is 5.69 Å². The minimum Gasteiger partial charge on any atom is -0.322 e. The van der Waals surface area contributed by atoms with E-state index in [4.69, 9.17) is 11.6 Å². The second-order valence-electron chi connectivity index (χ2n) is 7.15. The first-order valence-corrected chi connectivity index (χ1v) is 11.7. The van der Waals surface area contributed by atoms with Crippen LogP contribution in [0, 0.1) is 12.8 Å². The third-order valence-electron chi connectivity index (χ3n) is 4.99. The fraction of sp³-hybridized carbons (Fsp3) is 0.350. The maximum atomic E-state index is 13.1. The number of amides is 1. The molecule has 3 rings (SSSR count). The largest absolute Gasteiger partial charge is 0.322 e. The summed E-state index contributed by atoms with van der Waals surface area (Å²) in [5, 5.41) is 3.40. The van der Waals surface area contributed by atoms with E-state index in [2.05, 4.69) is 28.2 Å². The number of sulfonamides is 1. The molecule has 0 unspecified atom stereocenters. The van der Waals surface area contributed by atoms with Crippen molar-refractivity contribution in [2.24, 2.45) is 5.92 Å². The number of hydrogen-bond acceptors (Lipinski definition) is 3. The molecule has 0 aromatic heterocycles. The van der Waals surface area contributed by atoms with E-state index in [1.807, 2.05) is 6.92 Å². The maximum absolute atomic E-state index is 13.1. The summed E-state index contributed by atoms with van der Waals surface area (Å²) in [7, 11) is -3.67. The zero-order valence-corrected chi connectivity index (χ0v) is 18.9. The number of benzene rings is 2. The van der Waals surface area contributed by atoms with Crippen molar-refractivity contribution in [3.63, 3.8) is 0 Å². The number of hydrogen-bond donors (Lipinski definition) is 1. The van der Waals surface area contributed by atoms with Crippen LogP contribution in [-0.2, 0) is 10.0 Å². The quantitative estimate of drug-likeness (QED) is 0.656. The Balaban J connectivity index is 1.87. The van der Waals surface area contributed by atoms with Crippen molar-refractivity contribution in [3.05, 3.63) is 57.0 Å². The Morgan fingerprint density at radius 3 is 2.50 bits per heavy atom. The van der Waals surface area contributed by atoms with E-state index in [1.54, 1.807) is 30.3 Å². The standard InChI is InChI=1S/C20H22BrClN2O3S/c1-13-7-9-24(10-8-13)28(26,27)19-12-15(3-5-17(19)21)20(25)23-18-6-4-16(22)11-14(18)2/h3-6,11-13H,7-10H2,1-2H3,(H,23,25). The van der Waals surface area contributed by atoms with Crippen LogP contribution in [0.2, 0.25) is 5.02 Å². The molecule has 1 aliphatic heterocycles. The molecule has 1 heterocycles. The lowest BCUT2D eigenvalue weighted by Crippen LogP contribution is -2.38. The van der Waals surface area contributed by atoms with Crippen molar-refractivity contribution in [2.45, 2.75) is 31.6 Å². The van der Waals surface area contributed by atoms with Gasteiger partial charge in [0, 0.05) is 33.8 Å². The van der Waals surface area contributed by atoms with Gasteiger partial charge in [0.15, 0.2) is 0 Å². The van der Waals surface area contributed by atoms with Crippen LogP contribution >= 0.6 is 27.5 Å². The van der Waals surface area contributed by atoms with E-state index in [0.717, 1.165) is 18.4 Å². The Kier molecular flexibility index (Phi) is 6.49. The van der Waals surface area contributed by atoms with Gasteiger partial charge in [-0.05, 0) is 83.6 Å². The smallest absolute Gasteiger partial charge is 0.255 e. The Hall–Kier alpha value is -1.41. The van der Waals surface area contributed by atoms with Gasteiger partial charge in [0.05, 0.1) is 4.90 Å². The van der Waals surface area contributed by atoms with Crippen LogP contribution in [0.25, 0.3) is 0 Å². The van der Waals surface area contributed by atoms with E-state index in [1.165, 1.54) is 10.4 Å². The molecule has 0 atom stereocenters. The summed E-state index contributed by atoms with van der Waals surface area (Å²) < 4.78 is 28.1. The number of carbonyl (C=O) groups excluding carboxylic acids is 1. The van der Waals surface area contributed by atoms with E-state index < -0.39 is 10.0 Å². The first-order chi connectivity index (χ1) is 13.2. The molecule has 0 radical (unpaired) electrons. The number of aryl methyl sites for hydroxylation is 1. The van der Waals surface area contributed by atoms with Crippen LogP contribution in [0.1, 0.15) is 35.7 Å². The highest BCUT2D eigenvalue weighted by Gasteiger charge is 2.30. The number of nitrogens with zero attached hydrogens (tertiary/aromatic N) is 1. The molecule has 8 heteroatoms. The van der Waals surface area contributed by atoms with Crippen LogP contribution in [-0.4, -0.2) is 31.7 Å². The van der Waals surface area contributed by atoms with Crippen LogP contribution < -0.4 is 5.32 Å². The number of piperidine rings is 1. The average molecular weight is 486 g/mol. The summed E-state index contributed by atoms with van der Waals surface area (Å²) >= 11 is 9.28. The molecule has 0 aliphatic carbocycles. The van der Waals surface area contributed by atoms with Gasteiger partial charge in [-0.25, -0.2) is 8.42 Å². The van der Waals surface area contributed by atoms with E-state index in [-0.39, 0.29) is 16.4 Å². The average Bonchev–Trinajstić information content (AvgIpc) is 2.64. The van der Waals surface area contributed by atoms with Gasteiger partial charge >= 0.3 is 0 Å². The fourth-order valence-corrected chi connectivity index (χ4v) is 5.82. The van der Waals surface area contributed by atoms with Crippen molar-refractivity contribution in [3.8, 4) is 0 Å². The molecule has 1 amide bonds. The van der Waals surface area contributed by atoms with E-state index in [0.29, 0.717) is 34.2 Å². The monoisotopic (exact) mass is 484 g/mol. The minimum absolute atomic E-state index is 0.113. The van der Waals surface area contributed by atoms with Crippen molar-refractivity contribution in [2.75, 3.05) is 18.4 Å². The normalized spacial score (nSPS) is 16.1. The summed E-state index contributed by atoms with van der Waals surface area (Å²) in [6.07, 6.45) is 1.68. The Morgan fingerprint density at radius 1 is 1.18 bits per heavy atom. The van der Waals surface area contributed by atoms with Gasteiger partial charge in [0.2, 0.25) is 10.0 Å². The lowest BCUT2D eigenvalue weighted by atomic mass is 10.0. The third-order valence-corrected chi connectivity index (χ3v) is 8.12. The molecule has 2 aromatic rings. The van der Waals surface area contributed by atoms with Gasteiger partial charge < -0.3 is 5.32 Å². The third kappa shape index (κ3) is 4.59. The summed E-state index contributed by atoms with van der Waals surface area (Å²) in [6, 6.07) is 9.80.